The molecule has 29 heavy (non-hydrogen) atoms. The highest BCUT2D eigenvalue weighted by Gasteiger charge is 2.19. The van der Waals surface area contributed by atoms with Crippen molar-refractivity contribution in [2.24, 2.45) is 0 Å². The molecular weight excluding hydrogens is 430 g/mol. The predicted molar refractivity (Wildman–Crippen MR) is 114 cm³/mol. The van der Waals surface area contributed by atoms with Gasteiger partial charge in [-0.05, 0) is 58.6 Å². The van der Waals surface area contributed by atoms with Crippen LogP contribution in [0.25, 0.3) is 6.08 Å². The van der Waals surface area contributed by atoms with Crippen LogP contribution in [0.15, 0.2) is 52.5 Å². The molecule has 1 fully saturated rings. The van der Waals surface area contributed by atoms with Gasteiger partial charge in [-0.1, -0.05) is 37.1 Å². The van der Waals surface area contributed by atoms with Crippen LogP contribution in [-0.4, -0.2) is 11.9 Å². The summed E-state index contributed by atoms with van der Waals surface area (Å²) in [5.41, 5.74) is 2.19. The fourth-order valence-corrected chi connectivity index (χ4v) is 3.79. The van der Waals surface area contributed by atoms with Gasteiger partial charge in [0, 0.05) is 11.6 Å². The summed E-state index contributed by atoms with van der Waals surface area (Å²) >= 11 is 3.47. The standard InChI is InChI=1S/C23H20BrN3O2/c24-21-12-16(11-19(14-26)23(28)27-20-7-3-4-8-20)9-10-22(21)29-15-18-6-2-1-5-17(18)13-25/h1-2,5-6,9-12,20H,3-4,7-8,15H2,(H,27,28)/b19-11-. The maximum absolute atomic E-state index is 12.3. The minimum atomic E-state index is -0.330. The number of hydrogen-bond donors (Lipinski definition) is 1. The minimum absolute atomic E-state index is 0.0837. The molecule has 1 aliphatic carbocycles. The summed E-state index contributed by atoms with van der Waals surface area (Å²) < 4.78 is 6.53. The van der Waals surface area contributed by atoms with Crippen molar-refractivity contribution >= 4 is 27.9 Å². The van der Waals surface area contributed by atoms with Crippen LogP contribution in [0.2, 0.25) is 0 Å². The molecule has 0 aromatic heterocycles. The largest absolute Gasteiger partial charge is 0.488 e. The first-order valence-electron chi connectivity index (χ1n) is 9.43. The van der Waals surface area contributed by atoms with Crippen molar-refractivity contribution in [1.82, 2.24) is 5.32 Å². The number of nitrogens with zero attached hydrogens (tertiary/aromatic N) is 2. The molecule has 0 unspecified atom stereocenters. The summed E-state index contributed by atoms with van der Waals surface area (Å²) in [4.78, 5) is 12.3. The molecule has 5 nitrogen and oxygen atoms in total. The lowest BCUT2D eigenvalue weighted by Gasteiger charge is -2.11. The first-order chi connectivity index (χ1) is 14.1. The maximum atomic E-state index is 12.3. The van der Waals surface area contributed by atoms with Crippen molar-refractivity contribution in [3.05, 3.63) is 69.2 Å². The third kappa shape index (κ3) is 5.47. The Hall–Kier alpha value is -3.09. The molecule has 0 heterocycles. The molecule has 0 aliphatic heterocycles. The average Bonchev–Trinajstić information content (AvgIpc) is 3.24. The van der Waals surface area contributed by atoms with Crippen LogP contribution in [0.5, 0.6) is 5.75 Å². The predicted octanol–water partition coefficient (Wildman–Crippen LogP) is 4.87. The van der Waals surface area contributed by atoms with Crippen LogP contribution in [0.3, 0.4) is 0 Å². The van der Waals surface area contributed by atoms with Gasteiger partial charge in [-0.2, -0.15) is 10.5 Å². The van der Waals surface area contributed by atoms with E-state index in [2.05, 4.69) is 27.3 Å². The number of nitrogens with one attached hydrogen (secondary N) is 1. The van der Waals surface area contributed by atoms with Gasteiger partial charge in [-0.3, -0.25) is 4.79 Å². The number of halogens is 1. The number of nitriles is 2. The molecule has 3 rings (SSSR count). The molecule has 1 saturated carbocycles. The van der Waals surface area contributed by atoms with E-state index in [1.54, 1.807) is 30.3 Å². The zero-order valence-corrected chi connectivity index (χ0v) is 17.4. The molecule has 0 radical (unpaired) electrons. The summed E-state index contributed by atoms with van der Waals surface area (Å²) in [6, 6.07) is 16.9. The quantitative estimate of drug-likeness (QED) is 0.503. The molecule has 1 amide bonds. The Labute approximate surface area is 178 Å². The Morgan fingerprint density at radius 1 is 1.21 bits per heavy atom. The second-order valence-electron chi connectivity index (χ2n) is 6.87. The van der Waals surface area contributed by atoms with Crippen molar-refractivity contribution in [2.45, 2.75) is 38.3 Å². The molecule has 1 N–H and O–H groups in total. The van der Waals surface area contributed by atoms with Crippen molar-refractivity contribution in [3.63, 3.8) is 0 Å². The summed E-state index contributed by atoms with van der Waals surface area (Å²) in [5, 5.41) is 21.5. The average molecular weight is 450 g/mol. The third-order valence-corrected chi connectivity index (χ3v) is 5.46. The summed E-state index contributed by atoms with van der Waals surface area (Å²) in [5.74, 6) is 0.285. The summed E-state index contributed by atoms with van der Waals surface area (Å²) in [7, 11) is 0. The summed E-state index contributed by atoms with van der Waals surface area (Å²) in [6.45, 7) is 0.269. The fourth-order valence-electron chi connectivity index (χ4n) is 3.28. The molecule has 1 aliphatic rings. The van der Waals surface area contributed by atoms with Crippen LogP contribution >= 0.6 is 15.9 Å². The number of amides is 1. The minimum Gasteiger partial charge on any atom is -0.488 e. The SMILES string of the molecule is N#C/C(=C/c1ccc(OCc2ccccc2C#N)c(Br)c1)C(=O)NC1CCCC1. The van der Waals surface area contributed by atoms with Crippen LogP contribution in [0, 0.1) is 22.7 Å². The van der Waals surface area contributed by atoms with E-state index in [0.29, 0.717) is 15.8 Å². The van der Waals surface area contributed by atoms with Gasteiger partial charge in [0.2, 0.25) is 0 Å². The Morgan fingerprint density at radius 3 is 2.66 bits per heavy atom. The third-order valence-electron chi connectivity index (χ3n) is 4.84. The van der Waals surface area contributed by atoms with E-state index in [9.17, 15) is 10.1 Å². The number of hydrogen-bond acceptors (Lipinski definition) is 4. The van der Waals surface area contributed by atoms with E-state index in [4.69, 9.17) is 10.00 Å². The first kappa shape index (κ1) is 20.6. The molecule has 2 aromatic carbocycles. The topological polar surface area (TPSA) is 85.9 Å². The Bertz CT molecular complexity index is 1010. The van der Waals surface area contributed by atoms with Gasteiger partial charge in [-0.15, -0.1) is 0 Å². The molecule has 0 spiro atoms. The highest BCUT2D eigenvalue weighted by atomic mass is 79.9. The van der Waals surface area contributed by atoms with Crippen LogP contribution < -0.4 is 10.1 Å². The Kier molecular flexibility index (Phi) is 7.05. The smallest absolute Gasteiger partial charge is 0.262 e. The molecule has 146 valence electrons. The number of carbonyl (C=O) groups is 1. The normalized spacial score (nSPS) is 14.1. The fraction of sp³-hybridized carbons (Fsp3) is 0.261. The van der Waals surface area contributed by atoms with Gasteiger partial charge in [-0.25, -0.2) is 0 Å². The van der Waals surface area contributed by atoms with Crippen molar-refractivity contribution in [3.8, 4) is 17.9 Å². The Balaban J connectivity index is 1.69. The van der Waals surface area contributed by atoms with Gasteiger partial charge in [0.05, 0.1) is 16.1 Å². The molecule has 6 heteroatoms. The number of rotatable bonds is 6. The molecule has 0 saturated heterocycles. The van der Waals surface area contributed by atoms with E-state index in [0.717, 1.165) is 36.8 Å². The zero-order chi connectivity index (χ0) is 20.6. The molecule has 0 atom stereocenters. The monoisotopic (exact) mass is 449 g/mol. The van der Waals surface area contributed by atoms with Crippen molar-refractivity contribution in [2.75, 3.05) is 0 Å². The van der Waals surface area contributed by atoms with Gasteiger partial charge in [0.15, 0.2) is 0 Å². The second-order valence-corrected chi connectivity index (χ2v) is 7.73. The molecular formula is C23H20BrN3O2. The lowest BCUT2D eigenvalue weighted by molar-refractivity contribution is -0.117. The molecule has 2 aromatic rings. The second kappa shape index (κ2) is 9.91. The maximum Gasteiger partial charge on any atom is 0.262 e. The lowest BCUT2D eigenvalue weighted by atomic mass is 10.1. The van der Waals surface area contributed by atoms with E-state index >= 15 is 0 Å². The first-order valence-corrected chi connectivity index (χ1v) is 10.2. The van der Waals surface area contributed by atoms with E-state index in [1.807, 2.05) is 24.3 Å². The van der Waals surface area contributed by atoms with Gasteiger partial charge in [0.1, 0.15) is 24.0 Å². The van der Waals surface area contributed by atoms with Gasteiger partial charge >= 0.3 is 0 Å². The van der Waals surface area contributed by atoms with E-state index in [1.165, 1.54) is 0 Å². The van der Waals surface area contributed by atoms with Crippen LogP contribution in [-0.2, 0) is 11.4 Å². The van der Waals surface area contributed by atoms with Gasteiger partial charge < -0.3 is 10.1 Å². The van der Waals surface area contributed by atoms with Crippen LogP contribution in [0.4, 0.5) is 0 Å². The lowest BCUT2D eigenvalue weighted by Crippen LogP contribution is -2.33. The molecule has 0 bridgehead atoms. The highest BCUT2D eigenvalue weighted by Crippen LogP contribution is 2.28. The van der Waals surface area contributed by atoms with Crippen LogP contribution in [0.1, 0.15) is 42.4 Å². The van der Waals surface area contributed by atoms with Gasteiger partial charge in [0.25, 0.3) is 5.91 Å². The summed E-state index contributed by atoms with van der Waals surface area (Å²) in [6.07, 6.45) is 5.74. The van der Waals surface area contributed by atoms with Crippen molar-refractivity contribution in [1.29, 1.82) is 10.5 Å². The number of ether oxygens (including phenoxy) is 1. The number of benzene rings is 2. The van der Waals surface area contributed by atoms with Crippen molar-refractivity contribution < 1.29 is 9.53 Å². The van der Waals surface area contributed by atoms with E-state index < -0.39 is 0 Å². The Morgan fingerprint density at radius 2 is 1.97 bits per heavy atom. The zero-order valence-electron chi connectivity index (χ0n) is 15.8. The number of carbonyl (C=O) groups excluding carboxylic acids is 1. The van der Waals surface area contributed by atoms with E-state index in [-0.39, 0.29) is 24.1 Å². The highest BCUT2D eigenvalue weighted by molar-refractivity contribution is 9.10.